The van der Waals surface area contributed by atoms with Crippen molar-refractivity contribution in [2.45, 2.75) is 26.3 Å². The van der Waals surface area contributed by atoms with Crippen molar-refractivity contribution in [3.63, 3.8) is 0 Å². The quantitative estimate of drug-likeness (QED) is 0.871. The maximum Gasteiger partial charge on any atom is 0.142 e. The Hall–Kier alpha value is -1.58. The van der Waals surface area contributed by atoms with Crippen LogP contribution in [0, 0.1) is 6.92 Å². The maximum absolute atomic E-state index is 6.07. The number of rotatable bonds is 6. The number of pyridine rings is 1. The fourth-order valence-corrected chi connectivity index (χ4v) is 2.62. The van der Waals surface area contributed by atoms with Gasteiger partial charge in [-0.3, -0.25) is 4.98 Å². The van der Waals surface area contributed by atoms with Gasteiger partial charge in [0.25, 0.3) is 0 Å². The number of aryl methyl sites for hydroxylation is 1. The van der Waals surface area contributed by atoms with E-state index in [9.17, 15) is 0 Å². The predicted molar refractivity (Wildman–Crippen MR) is 87.1 cm³/mol. The molecule has 0 aliphatic heterocycles. The van der Waals surface area contributed by atoms with Crippen LogP contribution in [0.25, 0.3) is 0 Å². The predicted octanol–water partition coefficient (Wildman–Crippen LogP) is 4.14. The van der Waals surface area contributed by atoms with Crippen LogP contribution in [0.3, 0.4) is 0 Å². The Morgan fingerprint density at radius 2 is 2.14 bits per heavy atom. The Morgan fingerprint density at radius 1 is 1.33 bits per heavy atom. The summed E-state index contributed by atoms with van der Waals surface area (Å²) >= 11 is 6.07. The van der Waals surface area contributed by atoms with E-state index in [1.165, 1.54) is 5.56 Å². The summed E-state index contributed by atoms with van der Waals surface area (Å²) in [6.45, 7) is 5.12. The van der Waals surface area contributed by atoms with Crippen LogP contribution < -0.4 is 10.1 Å². The molecule has 1 unspecified atom stereocenters. The van der Waals surface area contributed by atoms with E-state index in [4.69, 9.17) is 16.3 Å². The molecule has 112 valence electrons. The summed E-state index contributed by atoms with van der Waals surface area (Å²) in [5.74, 6) is 0.792. The lowest BCUT2D eigenvalue weighted by Gasteiger charge is -2.22. The summed E-state index contributed by atoms with van der Waals surface area (Å²) in [7, 11) is 1.67. The molecule has 2 rings (SSSR count). The monoisotopic (exact) mass is 304 g/mol. The summed E-state index contributed by atoms with van der Waals surface area (Å²) in [4.78, 5) is 4.52. The first-order valence-electron chi connectivity index (χ1n) is 7.15. The molecule has 0 aliphatic rings. The molecule has 1 aromatic heterocycles. The van der Waals surface area contributed by atoms with Crippen molar-refractivity contribution >= 4 is 11.6 Å². The highest BCUT2D eigenvalue weighted by Gasteiger charge is 2.20. The zero-order chi connectivity index (χ0) is 15.2. The number of halogens is 1. The van der Waals surface area contributed by atoms with Crippen molar-refractivity contribution < 1.29 is 4.74 Å². The second kappa shape index (κ2) is 7.43. The van der Waals surface area contributed by atoms with Gasteiger partial charge < -0.3 is 10.1 Å². The van der Waals surface area contributed by atoms with Gasteiger partial charge in [0, 0.05) is 11.2 Å². The highest BCUT2D eigenvalue weighted by molar-refractivity contribution is 6.30. The molecule has 0 aliphatic carbocycles. The van der Waals surface area contributed by atoms with Crippen molar-refractivity contribution in [2.24, 2.45) is 0 Å². The average Bonchev–Trinajstić information content (AvgIpc) is 2.49. The largest absolute Gasteiger partial charge is 0.495 e. The number of methoxy groups -OCH3 is 1. The second-order valence-electron chi connectivity index (χ2n) is 4.98. The van der Waals surface area contributed by atoms with Crippen LogP contribution in [0.4, 0.5) is 0 Å². The molecular formula is C17H21ClN2O. The normalized spacial score (nSPS) is 12.2. The number of nitrogens with one attached hydrogen (secondary N) is 1. The molecule has 0 amide bonds. The number of nitrogens with zero attached hydrogens (tertiary/aromatic N) is 1. The summed E-state index contributed by atoms with van der Waals surface area (Å²) in [5.41, 5.74) is 3.22. The van der Waals surface area contributed by atoms with Crippen LogP contribution in [-0.2, 0) is 0 Å². The van der Waals surface area contributed by atoms with Crippen molar-refractivity contribution in [3.05, 3.63) is 58.4 Å². The van der Waals surface area contributed by atoms with Gasteiger partial charge in [-0.05, 0) is 55.3 Å². The van der Waals surface area contributed by atoms with Crippen molar-refractivity contribution in [2.75, 3.05) is 13.7 Å². The molecule has 0 bridgehead atoms. The van der Waals surface area contributed by atoms with Gasteiger partial charge in [0.2, 0.25) is 0 Å². The Kier molecular flexibility index (Phi) is 5.59. The fraction of sp³-hybridized carbons (Fsp3) is 0.353. The SMILES string of the molecule is CCCNC(c1ccc(Cl)cc1C)c1ncccc1OC. The van der Waals surface area contributed by atoms with E-state index >= 15 is 0 Å². The van der Waals surface area contributed by atoms with Crippen LogP contribution in [-0.4, -0.2) is 18.6 Å². The maximum atomic E-state index is 6.07. The fourth-order valence-electron chi connectivity index (χ4n) is 2.40. The van der Waals surface area contributed by atoms with E-state index < -0.39 is 0 Å². The lowest BCUT2D eigenvalue weighted by atomic mass is 9.97. The van der Waals surface area contributed by atoms with E-state index in [0.717, 1.165) is 35.0 Å². The van der Waals surface area contributed by atoms with Gasteiger partial charge in [-0.1, -0.05) is 24.6 Å². The van der Waals surface area contributed by atoms with Gasteiger partial charge in [0.15, 0.2) is 0 Å². The lowest BCUT2D eigenvalue weighted by Crippen LogP contribution is -2.25. The molecule has 0 fully saturated rings. The Labute approximate surface area is 131 Å². The van der Waals surface area contributed by atoms with Gasteiger partial charge in [-0.2, -0.15) is 0 Å². The van der Waals surface area contributed by atoms with Gasteiger partial charge in [0.05, 0.1) is 13.2 Å². The van der Waals surface area contributed by atoms with E-state index in [1.807, 2.05) is 24.3 Å². The lowest BCUT2D eigenvalue weighted by molar-refractivity contribution is 0.399. The number of hydrogen-bond donors (Lipinski definition) is 1. The Morgan fingerprint density at radius 3 is 2.81 bits per heavy atom. The molecule has 0 saturated carbocycles. The molecule has 21 heavy (non-hydrogen) atoms. The molecule has 4 heteroatoms. The highest BCUT2D eigenvalue weighted by atomic mass is 35.5. The van der Waals surface area contributed by atoms with Crippen molar-refractivity contribution in [1.29, 1.82) is 0 Å². The Bertz CT molecular complexity index is 601. The third-order valence-corrected chi connectivity index (χ3v) is 3.67. The van der Waals surface area contributed by atoms with Crippen LogP contribution in [0.2, 0.25) is 5.02 Å². The first kappa shape index (κ1) is 15.8. The van der Waals surface area contributed by atoms with E-state index in [2.05, 4.69) is 30.2 Å². The molecule has 0 spiro atoms. The van der Waals surface area contributed by atoms with Gasteiger partial charge in [-0.15, -0.1) is 0 Å². The van der Waals surface area contributed by atoms with Crippen LogP contribution in [0.5, 0.6) is 5.75 Å². The summed E-state index contributed by atoms with van der Waals surface area (Å²) in [6, 6.07) is 9.77. The summed E-state index contributed by atoms with van der Waals surface area (Å²) in [6.07, 6.45) is 2.85. The summed E-state index contributed by atoms with van der Waals surface area (Å²) in [5, 5.41) is 4.30. The first-order chi connectivity index (χ1) is 10.2. The van der Waals surface area contributed by atoms with Crippen molar-refractivity contribution in [1.82, 2.24) is 10.3 Å². The number of hydrogen-bond acceptors (Lipinski definition) is 3. The van der Waals surface area contributed by atoms with Gasteiger partial charge in [-0.25, -0.2) is 0 Å². The summed E-state index contributed by atoms with van der Waals surface area (Å²) < 4.78 is 5.46. The van der Waals surface area contributed by atoms with E-state index in [0.29, 0.717) is 0 Å². The minimum Gasteiger partial charge on any atom is -0.495 e. The van der Waals surface area contributed by atoms with Gasteiger partial charge >= 0.3 is 0 Å². The molecule has 0 saturated heterocycles. The van der Waals surface area contributed by atoms with Crippen molar-refractivity contribution in [3.8, 4) is 5.75 Å². The molecular weight excluding hydrogens is 284 g/mol. The standard InChI is InChI=1S/C17H21ClN2O/c1-4-9-19-16(14-8-7-13(18)11-12(14)2)17-15(21-3)6-5-10-20-17/h5-8,10-11,16,19H,4,9H2,1-3H3. The topological polar surface area (TPSA) is 34.2 Å². The molecule has 1 heterocycles. The number of ether oxygens (including phenoxy) is 1. The average molecular weight is 305 g/mol. The third kappa shape index (κ3) is 3.74. The van der Waals surface area contributed by atoms with E-state index in [1.54, 1.807) is 13.3 Å². The minimum atomic E-state index is -0.00151. The minimum absolute atomic E-state index is 0.00151. The second-order valence-corrected chi connectivity index (χ2v) is 5.42. The zero-order valence-electron chi connectivity index (χ0n) is 12.7. The van der Waals surface area contributed by atoms with Crippen LogP contribution in [0.1, 0.15) is 36.2 Å². The molecule has 1 N–H and O–H groups in total. The zero-order valence-corrected chi connectivity index (χ0v) is 13.4. The molecule has 3 nitrogen and oxygen atoms in total. The van der Waals surface area contributed by atoms with E-state index in [-0.39, 0.29) is 6.04 Å². The number of aromatic nitrogens is 1. The molecule has 1 aromatic carbocycles. The number of benzene rings is 1. The smallest absolute Gasteiger partial charge is 0.142 e. The van der Waals surface area contributed by atoms with Gasteiger partial charge in [0.1, 0.15) is 11.4 Å². The molecule has 2 aromatic rings. The van der Waals surface area contributed by atoms with Crippen LogP contribution >= 0.6 is 11.6 Å². The highest BCUT2D eigenvalue weighted by Crippen LogP contribution is 2.30. The molecule has 0 radical (unpaired) electrons. The third-order valence-electron chi connectivity index (χ3n) is 3.43. The van der Waals surface area contributed by atoms with Crippen LogP contribution in [0.15, 0.2) is 36.5 Å². The molecule has 1 atom stereocenters. The first-order valence-corrected chi connectivity index (χ1v) is 7.53. The Balaban J connectivity index is 2.47.